The van der Waals surface area contributed by atoms with Gasteiger partial charge in [0.15, 0.2) is 5.69 Å². The summed E-state index contributed by atoms with van der Waals surface area (Å²) in [5.74, 6) is -0.121. The molecule has 2 aliphatic heterocycles. The topological polar surface area (TPSA) is 129 Å². The third kappa shape index (κ3) is 6.84. The number of alkyl halides is 2. The van der Waals surface area contributed by atoms with E-state index in [1.165, 1.54) is 4.57 Å². The zero-order chi connectivity index (χ0) is 31.7. The molecule has 11 nitrogen and oxygen atoms in total. The predicted octanol–water partition coefficient (Wildman–Crippen LogP) is 3.88. The number of nitrogens with zero attached hydrogens (tertiary/aromatic N) is 5. The first-order valence-corrected chi connectivity index (χ1v) is 16.2. The number of imide groups is 1. The number of carbonyl (C=O) groups excluding carboxylic acids is 2. The quantitative estimate of drug-likeness (QED) is 0.258. The minimum absolute atomic E-state index is 0.0751. The number of rotatable bonds is 10. The summed E-state index contributed by atoms with van der Waals surface area (Å²) in [6.07, 6.45) is 7.43. The van der Waals surface area contributed by atoms with E-state index in [0.717, 1.165) is 82.1 Å². The molecule has 3 N–H and O–H groups in total. The molecule has 3 aliphatic rings. The number of ether oxygens (including phenoxy) is 1. The fourth-order valence-corrected chi connectivity index (χ4v) is 7.31. The molecule has 3 fully saturated rings. The van der Waals surface area contributed by atoms with Crippen LogP contribution in [0, 0.1) is 5.92 Å². The van der Waals surface area contributed by atoms with Gasteiger partial charge in [-0.3, -0.25) is 28.7 Å². The van der Waals surface area contributed by atoms with Crippen LogP contribution in [0.3, 0.4) is 0 Å². The lowest BCUT2D eigenvalue weighted by Crippen LogP contribution is -2.44. The Balaban J connectivity index is 0.915. The maximum Gasteiger partial charge on any atom is 0.329 e. The maximum absolute atomic E-state index is 13.1. The molecule has 2 saturated heterocycles. The van der Waals surface area contributed by atoms with Crippen LogP contribution in [0.5, 0.6) is 0 Å². The molecule has 3 aromatic rings. The molecule has 0 bridgehead atoms. The van der Waals surface area contributed by atoms with E-state index in [-0.39, 0.29) is 41.5 Å². The van der Waals surface area contributed by atoms with Gasteiger partial charge in [0, 0.05) is 45.9 Å². The number of aromatic nitrogens is 4. The molecule has 13 heteroatoms. The number of aryl methyl sites for hydroxylation is 2. The molecule has 0 spiro atoms. The third-order valence-corrected chi connectivity index (χ3v) is 9.88. The lowest BCUT2D eigenvalue weighted by molar-refractivity contribution is -0.135. The van der Waals surface area contributed by atoms with E-state index in [1.807, 2.05) is 18.2 Å². The van der Waals surface area contributed by atoms with Gasteiger partial charge in [-0.15, -0.1) is 0 Å². The summed E-state index contributed by atoms with van der Waals surface area (Å²) in [4.78, 5) is 39.5. The molecule has 45 heavy (non-hydrogen) atoms. The second-order valence-corrected chi connectivity index (χ2v) is 12.9. The van der Waals surface area contributed by atoms with E-state index in [9.17, 15) is 23.2 Å². The van der Waals surface area contributed by atoms with Crippen molar-refractivity contribution in [3.63, 3.8) is 0 Å². The van der Waals surface area contributed by atoms with Crippen LogP contribution in [0.1, 0.15) is 87.6 Å². The summed E-state index contributed by atoms with van der Waals surface area (Å²) in [7, 11) is 1.71. The van der Waals surface area contributed by atoms with Crippen LogP contribution < -0.4 is 16.7 Å². The number of imidazole rings is 1. The highest BCUT2D eigenvalue weighted by atomic mass is 19.3. The molecule has 1 unspecified atom stereocenters. The van der Waals surface area contributed by atoms with Crippen LogP contribution in [0.25, 0.3) is 11.0 Å². The van der Waals surface area contributed by atoms with Crippen LogP contribution >= 0.6 is 0 Å². The summed E-state index contributed by atoms with van der Waals surface area (Å²) < 4.78 is 37.1. The van der Waals surface area contributed by atoms with Gasteiger partial charge < -0.3 is 15.4 Å². The molecular weight excluding hydrogens is 584 g/mol. The second-order valence-electron chi connectivity index (χ2n) is 12.9. The fourth-order valence-electron chi connectivity index (χ4n) is 7.31. The monoisotopic (exact) mass is 627 g/mol. The number of piperidine rings is 2. The minimum atomic E-state index is -2.64. The number of hydrogen-bond acceptors (Lipinski definition) is 7. The highest BCUT2D eigenvalue weighted by Gasteiger charge is 2.31. The zero-order valence-electron chi connectivity index (χ0n) is 25.8. The summed E-state index contributed by atoms with van der Waals surface area (Å²) in [6, 6.07) is 5.37. The lowest BCUT2D eigenvalue weighted by atomic mass is 9.85. The molecule has 2 aromatic heterocycles. The van der Waals surface area contributed by atoms with Gasteiger partial charge in [0.2, 0.25) is 11.8 Å². The molecule has 6 rings (SSSR count). The van der Waals surface area contributed by atoms with E-state index in [0.29, 0.717) is 24.5 Å². The van der Waals surface area contributed by atoms with Gasteiger partial charge in [0.05, 0.1) is 28.9 Å². The Morgan fingerprint density at radius 1 is 1.04 bits per heavy atom. The van der Waals surface area contributed by atoms with Crippen LogP contribution in [-0.2, 0) is 27.8 Å². The Morgan fingerprint density at radius 3 is 2.49 bits per heavy atom. The van der Waals surface area contributed by atoms with E-state index in [2.05, 4.69) is 15.3 Å². The second kappa shape index (κ2) is 13.4. The highest BCUT2D eigenvalue weighted by molar-refractivity contribution is 6.00. The number of fused-ring (bicyclic) bond motifs is 1. The Labute approximate surface area is 260 Å². The van der Waals surface area contributed by atoms with Crippen molar-refractivity contribution >= 4 is 28.5 Å². The van der Waals surface area contributed by atoms with Gasteiger partial charge in [-0.2, -0.15) is 5.10 Å². The molecule has 1 saturated carbocycles. The van der Waals surface area contributed by atoms with Gasteiger partial charge in [-0.25, -0.2) is 13.6 Å². The van der Waals surface area contributed by atoms with Crippen molar-refractivity contribution in [3.8, 4) is 0 Å². The number of carbonyl (C=O) groups is 2. The normalized spacial score (nSPS) is 23.7. The van der Waals surface area contributed by atoms with Crippen molar-refractivity contribution in [2.24, 2.45) is 13.0 Å². The van der Waals surface area contributed by atoms with Crippen LogP contribution in [-0.4, -0.2) is 68.0 Å². The maximum atomic E-state index is 13.1. The smallest absolute Gasteiger partial charge is 0.329 e. The van der Waals surface area contributed by atoms with Crippen LogP contribution in [0.15, 0.2) is 29.2 Å². The zero-order valence-corrected chi connectivity index (χ0v) is 25.8. The molecule has 1 atom stereocenters. The number of hydrogen-bond donors (Lipinski definition) is 2. The number of nitrogens with two attached hydrogens (primary N) is 1. The van der Waals surface area contributed by atoms with Crippen molar-refractivity contribution in [2.75, 3.05) is 32.0 Å². The SMILES string of the molecule is Cn1c(=O)n(C2CCC(=O)NC2=O)c2ccc(CCCOC3CCN(C[C@H]4CC[C@H](n5cc(N)c(C(F)F)n5)CC4)CC3)cc21. The molecule has 1 aliphatic carbocycles. The Bertz CT molecular complexity index is 1580. The van der Waals surface area contributed by atoms with Crippen molar-refractivity contribution in [1.82, 2.24) is 29.1 Å². The summed E-state index contributed by atoms with van der Waals surface area (Å²) in [6.45, 7) is 3.78. The fraction of sp³-hybridized carbons (Fsp3) is 0.625. The first-order valence-electron chi connectivity index (χ1n) is 16.2. The number of amides is 2. The molecule has 4 heterocycles. The Morgan fingerprint density at radius 2 is 1.80 bits per heavy atom. The molecule has 1 aromatic carbocycles. The summed E-state index contributed by atoms with van der Waals surface area (Å²) in [5, 5.41) is 6.40. The number of anilines is 1. The van der Waals surface area contributed by atoms with Crippen molar-refractivity contribution in [3.05, 3.63) is 46.1 Å². The van der Waals surface area contributed by atoms with Gasteiger partial charge in [-0.05, 0) is 81.4 Å². The Hall–Kier alpha value is -3.58. The first kappa shape index (κ1) is 31.4. The molecular formula is C32H43F2N7O4. The molecule has 2 amide bonds. The minimum Gasteiger partial charge on any atom is -0.396 e. The summed E-state index contributed by atoms with van der Waals surface area (Å²) >= 11 is 0. The average Bonchev–Trinajstić information content (AvgIpc) is 3.53. The largest absolute Gasteiger partial charge is 0.396 e. The molecule has 244 valence electrons. The van der Waals surface area contributed by atoms with Crippen molar-refractivity contribution < 1.29 is 23.1 Å². The number of halogens is 2. The number of benzene rings is 1. The number of nitrogens with one attached hydrogen (secondary N) is 1. The molecule has 0 radical (unpaired) electrons. The highest BCUT2D eigenvalue weighted by Crippen LogP contribution is 2.35. The third-order valence-electron chi connectivity index (χ3n) is 9.88. The number of likely N-dealkylation sites (tertiary alicyclic amines) is 1. The van der Waals surface area contributed by atoms with Gasteiger partial charge in [0.1, 0.15) is 6.04 Å². The Kier molecular flexibility index (Phi) is 9.36. The standard InChI is InChI=1S/C32H43F2N7O4/c1-38-27-17-20(6-9-25(27)41(32(38)44)26-10-11-28(42)36-31(26)43)3-2-16-45-23-12-14-39(15-13-23)18-21-4-7-22(8-5-21)40-19-24(35)29(37-40)30(33)34/h6,9,17,19,21-23,26,30H,2-5,7-8,10-16,18,35H2,1H3,(H,36,42,43)/t21-,22-,26?. The van der Waals surface area contributed by atoms with Crippen molar-refractivity contribution in [2.45, 2.75) is 88.8 Å². The van der Waals surface area contributed by atoms with Gasteiger partial charge in [-0.1, -0.05) is 6.07 Å². The average molecular weight is 628 g/mol. The number of nitrogen functional groups attached to an aromatic ring is 1. The predicted molar refractivity (Wildman–Crippen MR) is 165 cm³/mol. The van der Waals surface area contributed by atoms with E-state index in [4.69, 9.17) is 10.5 Å². The lowest BCUT2D eigenvalue weighted by Gasteiger charge is -2.36. The van der Waals surface area contributed by atoms with E-state index >= 15 is 0 Å². The van der Waals surface area contributed by atoms with Crippen LogP contribution in [0.2, 0.25) is 0 Å². The van der Waals surface area contributed by atoms with Crippen LogP contribution in [0.4, 0.5) is 14.5 Å². The van der Waals surface area contributed by atoms with E-state index < -0.39 is 18.4 Å². The first-order chi connectivity index (χ1) is 21.7. The van der Waals surface area contributed by atoms with Gasteiger partial charge >= 0.3 is 5.69 Å². The van der Waals surface area contributed by atoms with Crippen molar-refractivity contribution in [1.29, 1.82) is 0 Å². The van der Waals surface area contributed by atoms with Gasteiger partial charge in [0.25, 0.3) is 6.43 Å². The van der Waals surface area contributed by atoms with E-state index in [1.54, 1.807) is 22.5 Å². The summed E-state index contributed by atoms with van der Waals surface area (Å²) in [5.41, 5.74) is 7.81.